The Morgan fingerprint density at radius 3 is 2.62 bits per heavy atom. The summed E-state index contributed by atoms with van der Waals surface area (Å²) in [6, 6.07) is 7.04. The van der Waals surface area contributed by atoms with Gasteiger partial charge >= 0.3 is 5.97 Å². The topological polar surface area (TPSA) is 91.4 Å². The number of carboxylic acid groups (broad SMARTS) is 1. The number of ether oxygens (including phenoxy) is 1. The highest BCUT2D eigenvalue weighted by Gasteiger charge is 2.17. The zero-order valence-corrected chi connectivity index (χ0v) is 12.7. The van der Waals surface area contributed by atoms with Crippen LogP contribution in [0.15, 0.2) is 34.9 Å². The summed E-state index contributed by atoms with van der Waals surface area (Å²) in [5.74, 6) is -0.977. The van der Waals surface area contributed by atoms with Crippen molar-refractivity contribution >= 4 is 33.5 Å². The number of carboxylic acids is 1. The average Bonchev–Trinajstić information content (AvgIpc) is 2.79. The largest absolute Gasteiger partial charge is 0.484 e. The Hall–Kier alpha value is -2.28. The maximum Gasteiger partial charge on any atom is 0.339 e. The molecule has 6 nitrogen and oxygen atoms in total. The van der Waals surface area contributed by atoms with Crippen LogP contribution in [0, 0.1) is 6.92 Å². The highest BCUT2D eigenvalue weighted by Crippen LogP contribution is 2.19. The summed E-state index contributed by atoms with van der Waals surface area (Å²) in [7, 11) is 0. The van der Waals surface area contributed by atoms with E-state index < -0.39 is 11.9 Å². The Balaban J connectivity index is 1.96. The minimum Gasteiger partial charge on any atom is -0.484 e. The van der Waals surface area contributed by atoms with Gasteiger partial charge < -0.3 is 20.1 Å². The van der Waals surface area contributed by atoms with Gasteiger partial charge in [0.05, 0.1) is 5.69 Å². The van der Waals surface area contributed by atoms with Crippen molar-refractivity contribution in [1.82, 2.24) is 4.98 Å². The SMILES string of the molecule is Cc1[nH]cc(NC(=O)COc2ccc(Br)cc2)c1C(=O)O. The number of aromatic nitrogens is 1. The number of aryl methyl sites for hydroxylation is 1. The lowest BCUT2D eigenvalue weighted by Crippen LogP contribution is -2.21. The van der Waals surface area contributed by atoms with Gasteiger partial charge in [0.2, 0.25) is 0 Å². The number of amides is 1. The maximum absolute atomic E-state index is 11.8. The number of carbonyl (C=O) groups excluding carboxylic acids is 1. The number of halogens is 1. The van der Waals surface area contributed by atoms with Crippen molar-refractivity contribution in [3.05, 3.63) is 46.2 Å². The number of hydrogen-bond donors (Lipinski definition) is 3. The first-order chi connectivity index (χ1) is 9.97. The smallest absolute Gasteiger partial charge is 0.339 e. The molecule has 0 aliphatic heterocycles. The summed E-state index contributed by atoms with van der Waals surface area (Å²) >= 11 is 3.30. The van der Waals surface area contributed by atoms with Crippen molar-refractivity contribution in [2.45, 2.75) is 6.92 Å². The summed E-state index contributed by atoms with van der Waals surface area (Å²) in [5, 5.41) is 11.6. The van der Waals surface area contributed by atoms with E-state index in [2.05, 4.69) is 26.2 Å². The molecule has 1 aromatic carbocycles. The number of aromatic amines is 1. The molecular formula is C14H13BrN2O4. The Kier molecular flexibility index (Phi) is 4.64. The second-order valence-electron chi connectivity index (χ2n) is 4.30. The van der Waals surface area contributed by atoms with Crippen molar-refractivity contribution in [2.75, 3.05) is 11.9 Å². The predicted molar refractivity (Wildman–Crippen MR) is 80.8 cm³/mol. The zero-order valence-electron chi connectivity index (χ0n) is 11.1. The van der Waals surface area contributed by atoms with Crippen LogP contribution >= 0.6 is 15.9 Å². The fourth-order valence-electron chi connectivity index (χ4n) is 1.77. The molecule has 7 heteroatoms. The molecular weight excluding hydrogens is 340 g/mol. The quantitative estimate of drug-likeness (QED) is 0.771. The van der Waals surface area contributed by atoms with Gasteiger partial charge in [0.1, 0.15) is 11.3 Å². The van der Waals surface area contributed by atoms with Crippen molar-refractivity contribution in [1.29, 1.82) is 0 Å². The molecule has 3 N–H and O–H groups in total. The third-order valence-corrected chi connectivity index (χ3v) is 3.28. The Morgan fingerprint density at radius 1 is 1.33 bits per heavy atom. The van der Waals surface area contributed by atoms with Crippen LogP contribution in [0.25, 0.3) is 0 Å². The second kappa shape index (κ2) is 6.45. The molecule has 1 heterocycles. The minimum atomic E-state index is -1.10. The molecule has 0 aliphatic rings. The van der Waals surface area contributed by atoms with E-state index in [1.54, 1.807) is 31.2 Å². The number of H-pyrrole nitrogens is 1. The molecule has 2 aromatic rings. The fourth-order valence-corrected chi connectivity index (χ4v) is 2.03. The summed E-state index contributed by atoms with van der Waals surface area (Å²) in [6.45, 7) is 1.42. The van der Waals surface area contributed by atoms with Gasteiger partial charge in [0.15, 0.2) is 6.61 Å². The maximum atomic E-state index is 11.8. The summed E-state index contributed by atoms with van der Waals surface area (Å²) in [6.07, 6.45) is 1.44. The molecule has 0 spiro atoms. The molecule has 1 aromatic heterocycles. The van der Waals surface area contributed by atoms with Gasteiger partial charge in [-0.25, -0.2) is 4.79 Å². The molecule has 0 saturated heterocycles. The Bertz CT molecular complexity index is 664. The first kappa shape index (κ1) is 15.1. The third-order valence-electron chi connectivity index (χ3n) is 2.75. The second-order valence-corrected chi connectivity index (χ2v) is 5.21. The standard InChI is InChI=1S/C14H13BrN2O4/c1-8-13(14(19)20)11(6-16-8)17-12(18)7-21-10-4-2-9(15)3-5-10/h2-6,16H,7H2,1H3,(H,17,18)(H,19,20). The first-order valence-electron chi connectivity index (χ1n) is 6.07. The Labute approximate surface area is 129 Å². The number of anilines is 1. The first-order valence-corrected chi connectivity index (χ1v) is 6.86. The van der Waals surface area contributed by atoms with Gasteiger partial charge in [-0.05, 0) is 31.2 Å². The van der Waals surface area contributed by atoms with Gasteiger partial charge in [-0.15, -0.1) is 0 Å². The van der Waals surface area contributed by atoms with Gasteiger partial charge in [-0.1, -0.05) is 15.9 Å². The molecule has 21 heavy (non-hydrogen) atoms. The summed E-state index contributed by atoms with van der Waals surface area (Å²) in [4.78, 5) is 25.6. The van der Waals surface area contributed by atoms with Gasteiger partial charge in [-0.2, -0.15) is 0 Å². The molecule has 0 radical (unpaired) electrons. The lowest BCUT2D eigenvalue weighted by molar-refractivity contribution is -0.118. The van der Waals surface area contributed by atoms with Crippen molar-refractivity contribution in [2.24, 2.45) is 0 Å². The zero-order chi connectivity index (χ0) is 15.4. The molecule has 0 unspecified atom stereocenters. The lowest BCUT2D eigenvalue weighted by Gasteiger charge is -2.07. The van der Waals surface area contributed by atoms with Gasteiger partial charge in [0, 0.05) is 16.4 Å². The normalized spacial score (nSPS) is 10.2. The molecule has 0 bridgehead atoms. The average molecular weight is 353 g/mol. The predicted octanol–water partition coefficient (Wildman–Crippen LogP) is 2.80. The lowest BCUT2D eigenvalue weighted by atomic mass is 10.2. The van der Waals surface area contributed by atoms with E-state index in [4.69, 9.17) is 9.84 Å². The van der Waals surface area contributed by atoms with Crippen LogP contribution in [0.2, 0.25) is 0 Å². The molecule has 110 valence electrons. The van der Waals surface area contributed by atoms with E-state index in [1.165, 1.54) is 6.20 Å². The summed E-state index contributed by atoms with van der Waals surface area (Å²) < 4.78 is 6.22. The van der Waals surface area contributed by atoms with E-state index in [0.29, 0.717) is 11.4 Å². The number of nitrogens with one attached hydrogen (secondary N) is 2. The van der Waals surface area contributed by atoms with Crippen molar-refractivity contribution in [3.63, 3.8) is 0 Å². The van der Waals surface area contributed by atoms with Gasteiger partial charge in [-0.3, -0.25) is 4.79 Å². The van der Waals surface area contributed by atoms with E-state index in [9.17, 15) is 9.59 Å². The number of carbonyl (C=O) groups is 2. The Morgan fingerprint density at radius 2 is 2.00 bits per heavy atom. The highest BCUT2D eigenvalue weighted by atomic mass is 79.9. The van der Waals surface area contributed by atoms with E-state index in [1.807, 2.05) is 0 Å². The van der Waals surface area contributed by atoms with Crippen LogP contribution in [0.3, 0.4) is 0 Å². The van der Waals surface area contributed by atoms with E-state index in [0.717, 1.165) is 4.47 Å². The number of rotatable bonds is 5. The van der Waals surface area contributed by atoms with E-state index in [-0.39, 0.29) is 17.9 Å². The molecule has 0 atom stereocenters. The summed E-state index contributed by atoms with van der Waals surface area (Å²) in [5.41, 5.74) is 0.753. The number of aromatic carboxylic acids is 1. The third kappa shape index (κ3) is 3.85. The molecule has 0 fully saturated rings. The van der Waals surface area contributed by atoms with Crippen LogP contribution in [0.1, 0.15) is 16.1 Å². The van der Waals surface area contributed by atoms with Crippen LogP contribution < -0.4 is 10.1 Å². The number of hydrogen-bond acceptors (Lipinski definition) is 3. The van der Waals surface area contributed by atoms with Crippen LogP contribution in [0.4, 0.5) is 5.69 Å². The molecule has 1 amide bonds. The molecule has 0 saturated carbocycles. The van der Waals surface area contributed by atoms with E-state index >= 15 is 0 Å². The number of benzene rings is 1. The monoisotopic (exact) mass is 352 g/mol. The van der Waals surface area contributed by atoms with Gasteiger partial charge in [0.25, 0.3) is 5.91 Å². The minimum absolute atomic E-state index is 0.0481. The molecule has 2 rings (SSSR count). The molecule has 0 aliphatic carbocycles. The van der Waals surface area contributed by atoms with Crippen LogP contribution in [-0.2, 0) is 4.79 Å². The van der Waals surface area contributed by atoms with Crippen molar-refractivity contribution in [3.8, 4) is 5.75 Å². The fraction of sp³-hybridized carbons (Fsp3) is 0.143. The van der Waals surface area contributed by atoms with Crippen LogP contribution in [-0.4, -0.2) is 28.6 Å². The highest BCUT2D eigenvalue weighted by molar-refractivity contribution is 9.10. The van der Waals surface area contributed by atoms with Crippen molar-refractivity contribution < 1.29 is 19.4 Å². The van der Waals surface area contributed by atoms with Crippen LogP contribution in [0.5, 0.6) is 5.75 Å².